The van der Waals surface area contributed by atoms with E-state index in [1.807, 2.05) is 19.9 Å². The summed E-state index contributed by atoms with van der Waals surface area (Å²) in [6.07, 6.45) is 7.68. The number of ether oxygens (including phenoxy) is 1. The van der Waals surface area contributed by atoms with Crippen LogP contribution in [0.25, 0.3) is 0 Å². The minimum absolute atomic E-state index is 0.186. The molecule has 0 aromatic heterocycles. The Morgan fingerprint density at radius 1 is 1.25 bits per heavy atom. The molecule has 2 nitrogen and oxygen atoms in total. The fourth-order valence-corrected chi connectivity index (χ4v) is 5.78. The van der Waals surface area contributed by atoms with Crippen molar-refractivity contribution in [3.63, 3.8) is 0 Å². The summed E-state index contributed by atoms with van der Waals surface area (Å²) in [4.78, 5) is 11.6. The van der Waals surface area contributed by atoms with Gasteiger partial charge in [0.1, 0.15) is 0 Å². The number of carbonyl (C=O) groups is 1. The van der Waals surface area contributed by atoms with Crippen molar-refractivity contribution in [2.24, 2.45) is 0 Å². The van der Waals surface area contributed by atoms with E-state index in [2.05, 4.69) is 47.8 Å². The third-order valence-electron chi connectivity index (χ3n) is 4.08. The number of thioether (sulfide) groups is 2. The molecule has 1 heterocycles. The molecule has 2 rings (SSSR count). The zero-order valence-electron chi connectivity index (χ0n) is 14.8. The maximum absolute atomic E-state index is 11.6. The first kappa shape index (κ1) is 19.5. The lowest BCUT2D eigenvalue weighted by Gasteiger charge is -2.23. The number of carbonyl (C=O) groups excluding carboxylic acids is 1. The van der Waals surface area contributed by atoms with E-state index in [1.54, 1.807) is 0 Å². The second kappa shape index (κ2) is 10.9. The highest BCUT2D eigenvalue weighted by atomic mass is 32.2. The van der Waals surface area contributed by atoms with Crippen LogP contribution in [-0.4, -0.2) is 24.1 Å². The Morgan fingerprint density at radius 2 is 2.00 bits per heavy atom. The van der Waals surface area contributed by atoms with Gasteiger partial charge >= 0.3 is 5.97 Å². The lowest BCUT2D eigenvalue weighted by atomic mass is 10.0. The maximum Gasteiger partial charge on any atom is 0.333 e. The van der Waals surface area contributed by atoms with Gasteiger partial charge in [-0.15, -0.1) is 23.5 Å². The quantitative estimate of drug-likeness (QED) is 0.332. The van der Waals surface area contributed by atoms with Crippen molar-refractivity contribution in [1.82, 2.24) is 0 Å². The molecule has 4 heteroatoms. The number of unbranched alkanes of at least 4 members (excludes halogenated alkanes) is 2. The van der Waals surface area contributed by atoms with Crippen LogP contribution in [0.15, 0.2) is 35.9 Å². The van der Waals surface area contributed by atoms with Gasteiger partial charge in [-0.3, -0.25) is 0 Å². The molecule has 0 amide bonds. The molecule has 1 fully saturated rings. The Bertz CT molecular complexity index is 548. The normalized spacial score (nSPS) is 16.2. The van der Waals surface area contributed by atoms with Crippen LogP contribution < -0.4 is 0 Å². The number of aryl methyl sites for hydroxylation is 1. The number of hydrogen-bond donors (Lipinski definition) is 0. The predicted octanol–water partition coefficient (Wildman–Crippen LogP) is 5.78. The van der Waals surface area contributed by atoms with Gasteiger partial charge in [0.05, 0.1) is 11.2 Å². The molecule has 1 saturated heterocycles. The minimum Gasteiger partial charge on any atom is -0.463 e. The first-order valence-corrected chi connectivity index (χ1v) is 11.0. The summed E-state index contributed by atoms with van der Waals surface area (Å²) in [5.41, 5.74) is 3.74. The Hall–Kier alpha value is -0.870. The zero-order chi connectivity index (χ0) is 17.2. The highest BCUT2D eigenvalue weighted by Crippen LogP contribution is 2.44. The van der Waals surface area contributed by atoms with Gasteiger partial charge in [-0.1, -0.05) is 30.3 Å². The molecule has 0 saturated carbocycles. The van der Waals surface area contributed by atoms with Crippen molar-refractivity contribution >= 4 is 29.5 Å². The molecular weight excluding hydrogens is 336 g/mol. The molecule has 24 heavy (non-hydrogen) atoms. The fraction of sp³-hybridized carbons (Fsp3) is 0.550. The Balaban J connectivity index is 1.80. The average Bonchev–Trinajstić information content (AvgIpc) is 2.62. The summed E-state index contributed by atoms with van der Waals surface area (Å²) in [6, 6.07) is 8.91. The minimum atomic E-state index is -0.186. The van der Waals surface area contributed by atoms with Gasteiger partial charge < -0.3 is 4.74 Å². The molecule has 0 bridgehead atoms. The van der Waals surface area contributed by atoms with E-state index in [0.29, 0.717) is 11.2 Å². The number of hydrogen-bond acceptors (Lipinski definition) is 4. The van der Waals surface area contributed by atoms with Crippen molar-refractivity contribution in [3.8, 4) is 0 Å². The first-order chi connectivity index (χ1) is 11.7. The first-order valence-electron chi connectivity index (χ1n) is 8.87. The van der Waals surface area contributed by atoms with Crippen LogP contribution >= 0.6 is 23.5 Å². The van der Waals surface area contributed by atoms with E-state index in [-0.39, 0.29) is 5.97 Å². The summed E-state index contributed by atoms with van der Waals surface area (Å²) < 4.78 is 5.61. The van der Waals surface area contributed by atoms with Crippen LogP contribution in [0.1, 0.15) is 55.2 Å². The van der Waals surface area contributed by atoms with E-state index >= 15 is 0 Å². The van der Waals surface area contributed by atoms with Crippen molar-refractivity contribution in [2.45, 2.75) is 50.5 Å². The number of rotatable bonds is 8. The van der Waals surface area contributed by atoms with E-state index in [0.717, 1.165) is 31.3 Å². The van der Waals surface area contributed by atoms with Crippen LogP contribution in [-0.2, 0) is 16.0 Å². The van der Waals surface area contributed by atoms with Crippen molar-refractivity contribution in [3.05, 3.63) is 47.0 Å². The molecule has 0 unspecified atom stereocenters. The largest absolute Gasteiger partial charge is 0.463 e. The van der Waals surface area contributed by atoms with Crippen LogP contribution in [0.4, 0.5) is 0 Å². The van der Waals surface area contributed by atoms with Gasteiger partial charge in [0, 0.05) is 5.57 Å². The molecule has 0 radical (unpaired) electrons. The van der Waals surface area contributed by atoms with E-state index in [4.69, 9.17) is 4.74 Å². The van der Waals surface area contributed by atoms with E-state index in [1.165, 1.54) is 29.1 Å². The Morgan fingerprint density at radius 3 is 2.75 bits per heavy atom. The Labute approximate surface area is 154 Å². The summed E-state index contributed by atoms with van der Waals surface area (Å²) in [6.45, 7) is 4.12. The number of benzene rings is 1. The second-order valence-corrected chi connectivity index (χ2v) is 8.70. The molecule has 1 aliphatic heterocycles. The van der Waals surface area contributed by atoms with Gasteiger partial charge in [0.15, 0.2) is 0 Å². The monoisotopic (exact) mass is 364 g/mol. The molecule has 0 N–H and O–H groups in total. The molecule has 1 aromatic carbocycles. The molecule has 0 aliphatic carbocycles. The summed E-state index contributed by atoms with van der Waals surface area (Å²) in [5, 5.41) is 0. The van der Waals surface area contributed by atoms with E-state index in [9.17, 15) is 4.79 Å². The van der Waals surface area contributed by atoms with Gasteiger partial charge in [-0.2, -0.15) is 0 Å². The van der Waals surface area contributed by atoms with Gasteiger partial charge in [-0.25, -0.2) is 4.79 Å². The lowest BCUT2D eigenvalue weighted by molar-refractivity contribution is -0.138. The predicted molar refractivity (Wildman–Crippen MR) is 107 cm³/mol. The molecule has 1 aliphatic rings. The maximum atomic E-state index is 11.6. The van der Waals surface area contributed by atoms with Gasteiger partial charge in [0.2, 0.25) is 0 Å². The standard InChI is InChI=1S/C20H28O2S2/c1-3-22-19(21)16(2)10-5-4-6-11-17-12-7-8-13-18(17)20-23-14-9-15-24-20/h7-8,10,12-13,20H,3-6,9,11,14-15H2,1-2H3/b16-10-. The molecule has 1 aromatic rings. The second-order valence-electron chi connectivity index (χ2n) is 5.98. The van der Waals surface area contributed by atoms with Crippen LogP contribution in [0.5, 0.6) is 0 Å². The van der Waals surface area contributed by atoms with Crippen LogP contribution in [0.2, 0.25) is 0 Å². The fourth-order valence-electron chi connectivity index (χ4n) is 2.77. The zero-order valence-corrected chi connectivity index (χ0v) is 16.4. The highest BCUT2D eigenvalue weighted by molar-refractivity contribution is 8.16. The van der Waals surface area contributed by atoms with E-state index < -0.39 is 0 Å². The third-order valence-corrected chi connectivity index (χ3v) is 7.06. The van der Waals surface area contributed by atoms with Crippen LogP contribution in [0, 0.1) is 0 Å². The SMILES string of the molecule is CCOC(=O)/C(C)=C\CCCCc1ccccc1C1SCCCS1. The van der Waals surface area contributed by atoms with Gasteiger partial charge in [-0.05, 0) is 68.6 Å². The number of allylic oxidation sites excluding steroid dienone is 1. The van der Waals surface area contributed by atoms with Gasteiger partial charge in [0.25, 0.3) is 0 Å². The topological polar surface area (TPSA) is 26.3 Å². The summed E-state index contributed by atoms with van der Waals surface area (Å²) >= 11 is 4.18. The lowest BCUT2D eigenvalue weighted by Crippen LogP contribution is -2.05. The average molecular weight is 365 g/mol. The molecular formula is C20H28O2S2. The Kier molecular flexibility index (Phi) is 8.82. The molecule has 0 atom stereocenters. The summed E-state index contributed by atoms with van der Waals surface area (Å²) in [7, 11) is 0. The number of esters is 1. The molecule has 0 spiro atoms. The van der Waals surface area contributed by atoms with Crippen molar-refractivity contribution in [1.29, 1.82) is 0 Å². The van der Waals surface area contributed by atoms with Crippen molar-refractivity contribution < 1.29 is 9.53 Å². The molecule has 132 valence electrons. The van der Waals surface area contributed by atoms with Crippen LogP contribution in [0.3, 0.4) is 0 Å². The third kappa shape index (κ3) is 6.21. The van der Waals surface area contributed by atoms with Crippen molar-refractivity contribution in [2.75, 3.05) is 18.1 Å². The highest BCUT2D eigenvalue weighted by Gasteiger charge is 2.18. The smallest absolute Gasteiger partial charge is 0.333 e. The summed E-state index contributed by atoms with van der Waals surface area (Å²) in [5.74, 6) is 2.38.